The molecule has 1 aromatic carbocycles. The lowest BCUT2D eigenvalue weighted by Crippen LogP contribution is -2.47. The molecule has 21 heavy (non-hydrogen) atoms. The Morgan fingerprint density at radius 2 is 2.29 bits per heavy atom. The van der Waals surface area contributed by atoms with Gasteiger partial charge in [-0.2, -0.15) is 0 Å². The SMILES string of the molecule is Cc1ccc(C(=O)O)cc1OCC1CN(C(C)C)CCO1. The summed E-state index contributed by atoms with van der Waals surface area (Å²) in [5, 5.41) is 9.03. The van der Waals surface area contributed by atoms with Crippen molar-refractivity contribution in [2.24, 2.45) is 0 Å². The molecule has 5 heteroatoms. The van der Waals surface area contributed by atoms with Crippen molar-refractivity contribution in [1.82, 2.24) is 4.90 Å². The molecule has 1 N–H and O–H groups in total. The van der Waals surface area contributed by atoms with Gasteiger partial charge in [0.25, 0.3) is 0 Å². The summed E-state index contributed by atoms with van der Waals surface area (Å²) in [7, 11) is 0. The number of carboxylic acids is 1. The monoisotopic (exact) mass is 293 g/mol. The Balaban J connectivity index is 1.96. The van der Waals surface area contributed by atoms with Gasteiger partial charge < -0.3 is 14.6 Å². The fourth-order valence-electron chi connectivity index (χ4n) is 2.38. The zero-order valence-corrected chi connectivity index (χ0v) is 12.8. The zero-order chi connectivity index (χ0) is 15.4. The largest absolute Gasteiger partial charge is 0.491 e. The van der Waals surface area contributed by atoms with Crippen molar-refractivity contribution in [3.8, 4) is 5.75 Å². The van der Waals surface area contributed by atoms with Gasteiger partial charge in [-0.3, -0.25) is 4.90 Å². The minimum Gasteiger partial charge on any atom is -0.491 e. The van der Waals surface area contributed by atoms with Crippen LogP contribution < -0.4 is 4.74 Å². The number of hydrogen-bond acceptors (Lipinski definition) is 4. The van der Waals surface area contributed by atoms with E-state index in [0.717, 1.165) is 18.7 Å². The van der Waals surface area contributed by atoms with E-state index in [9.17, 15) is 4.79 Å². The minimum atomic E-state index is -0.945. The van der Waals surface area contributed by atoms with Crippen LogP contribution in [0.25, 0.3) is 0 Å². The quantitative estimate of drug-likeness (QED) is 0.901. The third kappa shape index (κ3) is 4.19. The topological polar surface area (TPSA) is 59.0 Å². The molecule has 0 amide bonds. The molecular formula is C16H23NO4. The maximum atomic E-state index is 11.0. The van der Waals surface area contributed by atoms with Gasteiger partial charge in [-0.25, -0.2) is 4.79 Å². The molecule has 116 valence electrons. The van der Waals surface area contributed by atoms with Crippen molar-refractivity contribution in [3.05, 3.63) is 29.3 Å². The Kier molecular flexibility index (Phi) is 5.20. The van der Waals surface area contributed by atoms with E-state index in [2.05, 4.69) is 18.7 Å². The van der Waals surface area contributed by atoms with E-state index < -0.39 is 5.97 Å². The van der Waals surface area contributed by atoms with Gasteiger partial charge in [0.1, 0.15) is 18.5 Å². The number of ether oxygens (including phenoxy) is 2. The number of carbonyl (C=O) groups is 1. The van der Waals surface area contributed by atoms with E-state index in [1.54, 1.807) is 18.2 Å². The molecular weight excluding hydrogens is 270 g/mol. The maximum absolute atomic E-state index is 11.0. The first-order chi connectivity index (χ1) is 9.97. The molecule has 0 spiro atoms. The number of benzene rings is 1. The normalized spacial score (nSPS) is 19.7. The molecule has 2 rings (SSSR count). The molecule has 0 radical (unpaired) electrons. The van der Waals surface area contributed by atoms with E-state index in [0.29, 0.717) is 25.0 Å². The summed E-state index contributed by atoms with van der Waals surface area (Å²) in [4.78, 5) is 13.4. The lowest BCUT2D eigenvalue weighted by molar-refractivity contribution is -0.0565. The summed E-state index contributed by atoms with van der Waals surface area (Å²) in [6.07, 6.45) is 0.0223. The van der Waals surface area contributed by atoms with Crippen LogP contribution in [0.2, 0.25) is 0 Å². The van der Waals surface area contributed by atoms with Crippen molar-refractivity contribution in [3.63, 3.8) is 0 Å². The first-order valence-corrected chi connectivity index (χ1v) is 7.29. The first-order valence-electron chi connectivity index (χ1n) is 7.29. The summed E-state index contributed by atoms with van der Waals surface area (Å²) in [5.74, 6) is -0.333. The van der Waals surface area contributed by atoms with Crippen molar-refractivity contribution in [1.29, 1.82) is 0 Å². The van der Waals surface area contributed by atoms with E-state index in [1.165, 1.54) is 0 Å². The number of rotatable bonds is 5. The van der Waals surface area contributed by atoms with Crippen LogP contribution in [0.15, 0.2) is 18.2 Å². The summed E-state index contributed by atoms with van der Waals surface area (Å²) in [5.41, 5.74) is 1.17. The number of carboxylic acid groups (broad SMARTS) is 1. The third-order valence-electron chi connectivity index (χ3n) is 3.76. The fourth-order valence-corrected chi connectivity index (χ4v) is 2.38. The molecule has 1 aliphatic heterocycles. The molecule has 5 nitrogen and oxygen atoms in total. The Morgan fingerprint density at radius 1 is 1.52 bits per heavy atom. The van der Waals surface area contributed by atoms with Crippen LogP contribution in [0.5, 0.6) is 5.75 Å². The van der Waals surface area contributed by atoms with Gasteiger partial charge in [0.2, 0.25) is 0 Å². The van der Waals surface area contributed by atoms with Gasteiger partial charge in [0.15, 0.2) is 0 Å². The highest BCUT2D eigenvalue weighted by molar-refractivity contribution is 5.88. The van der Waals surface area contributed by atoms with Gasteiger partial charge >= 0.3 is 5.97 Å². The van der Waals surface area contributed by atoms with E-state index in [4.69, 9.17) is 14.6 Å². The molecule has 0 bridgehead atoms. The molecule has 1 saturated heterocycles. The van der Waals surface area contributed by atoms with Crippen molar-refractivity contribution in [2.45, 2.75) is 32.9 Å². The standard InChI is InChI=1S/C16H23NO4/c1-11(2)17-6-7-20-14(9-17)10-21-15-8-13(16(18)19)5-4-12(15)3/h4-5,8,11,14H,6-7,9-10H2,1-3H3,(H,18,19). The molecule has 1 heterocycles. The summed E-state index contributed by atoms with van der Waals surface area (Å²) in [6.45, 7) is 9.18. The van der Waals surface area contributed by atoms with Crippen LogP contribution in [-0.4, -0.2) is 54.4 Å². The highest BCUT2D eigenvalue weighted by Gasteiger charge is 2.23. The van der Waals surface area contributed by atoms with E-state index in [-0.39, 0.29) is 11.7 Å². The van der Waals surface area contributed by atoms with Gasteiger partial charge in [0.05, 0.1) is 12.2 Å². The van der Waals surface area contributed by atoms with Crippen molar-refractivity contribution >= 4 is 5.97 Å². The van der Waals surface area contributed by atoms with Crippen LogP contribution >= 0.6 is 0 Å². The predicted molar refractivity (Wildman–Crippen MR) is 80.1 cm³/mol. The zero-order valence-electron chi connectivity index (χ0n) is 12.8. The van der Waals surface area contributed by atoms with Gasteiger partial charge in [-0.1, -0.05) is 6.07 Å². The number of nitrogens with zero attached hydrogens (tertiary/aromatic N) is 1. The van der Waals surface area contributed by atoms with Crippen molar-refractivity contribution in [2.75, 3.05) is 26.3 Å². The molecule has 1 aromatic rings. The second-order valence-electron chi connectivity index (χ2n) is 5.68. The lowest BCUT2D eigenvalue weighted by Gasteiger charge is -2.35. The second kappa shape index (κ2) is 6.91. The predicted octanol–water partition coefficient (Wildman–Crippen LogP) is 2.18. The average Bonchev–Trinajstić information content (AvgIpc) is 2.46. The third-order valence-corrected chi connectivity index (χ3v) is 3.76. The number of morpholine rings is 1. The number of aromatic carboxylic acids is 1. The second-order valence-corrected chi connectivity index (χ2v) is 5.68. The average molecular weight is 293 g/mol. The molecule has 1 aliphatic rings. The highest BCUT2D eigenvalue weighted by atomic mass is 16.5. The van der Waals surface area contributed by atoms with E-state index >= 15 is 0 Å². The summed E-state index contributed by atoms with van der Waals surface area (Å²) >= 11 is 0. The Hall–Kier alpha value is -1.59. The molecule has 0 aliphatic carbocycles. The van der Waals surface area contributed by atoms with Crippen LogP contribution in [0.4, 0.5) is 0 Å². The summed E-state index contributed by atoms with van der Waals surface area (Å²) in [6, 6.07) is 5.41. The van der Waals surface area contributed by atoms with Gasteiger partial charge in [0, 0.05) is 19.1 Å². The van der Waals surface area contributed by atoms with Gasteiger partial charge in [-0.05, 0) is 38.5 Å². The molecule has 1 atom stereocenters. The van der Waals surface area contributed by atoms with Gasteiger partial charge in [-0.15, -0.1) is 0 Å². The van der Waals surface area contributed by atoms with Crippen molar-refractivity contribution < 1.29 is 19.4 Å². The highest BCUT2D eigenvalue weighted by Crippen LogP contribution is 2.20. The van der Waals surface area contributed by atoms with Crippen LogP contribution in [0, 0.1) is 6.92 Å². The molecule has 0 saturated carbocycles. The maximum Gasteiger partial charge on any atom is 0.335 e. The molecule has 0 aromatic heterocycles. The Labute approximate surface area is 125 Å². The van der Waals surface area contributed by atoms with Crippen LogP contribution in [0.3, 0.4) is 0 Å². The molecule has 1 unspecified atom stereocenters. The first kappa shape index (κ1) is 15.8. The minimum absolute atomic E-state index is 0.0223. The Morgan fingerprint density at radius 3 is 2.95 bits per heavy atom. The number of hydrogen-bond donors (Lipinski definition) is 1. The lowest BCUT2D eigenvalue weighted by atomic mass is 10.1. The smallest absolute Gasteiger partial charge is 0.335 e. The van der Waals surface area contributed by atoms with E-state index in [1.807, 2.05) is 6.92 Å². The number of aryl methyl sites for hydroxylation is 1. The summed E-state index contributed by atoms with van der Waals surface area (Å²) < 4.78 is 11.5. The Bertz CT molecular complexity index is 501. The fraction of sp³-hybridized carbons (Fsp3) is 0.562. The van der Waals surface area contributed by atoms with Crippen LogP contribution in [0.1, 0.15) is 29.8 Å². The van der Waals surface area contributed by atoms with Crippen LogP contribution in [-0.2, 0) is 4.74 Å². The molecule has 1 fully saturated rings.